The number of carbonyl (C=O) groups is 1. The van der Waals surface area contributed by atoms with Gasteiger partial charge in [-0.1, -0.05) is 0 Å². The van der Waals surface area contributed by atoms with Gasteiger partial charge >= 0.3 is 6.03 Å². The number of amides is 1. The molecule has 0 fully saturated rings. The van der Waals surface area contributed by atoms with E-state index in [1.54, 1.807) is 16.8 Å². The summed E-state index contributed by atoms with van der Waals surface area (Å²) >= 11 is 0. The van der Waals surface area contributed by atoms with Crippen LogP contribution in [0.5, 0.6) is 11.6 Å². The molecular formula is C23H25N7O2. The highest BCUT2D eigenvalue weighted by Crippen LogP contribution is 2.29. The quantitative estimate of drug-likeness (QED) is 0.510. The van der Waals surface area contributed by atoms with Gasteiger partial charge in [-0.25, -0.2) is 14.8 Å². The third kappa shape index (κ3) is 3.82. The van der Waals surface area contributed by atoms with E-state index >= 15 is 0 Å². The first-order valence-corrected chi connectivity index (χ1v) is 10.6. The van der Waals surface area contributed by atoms with Crippen molar-refractivity contribution in [2.75, 3.05) is 11.9 Å². The van der Waals surface area contributed by atoms with Crippen molar-refractivity contribution in [3.63, 3.8) is 0 Å². The molecule has 4 aromatic rings. The number of fused-ring (bicyclic) bond motifs is 2. The second-order valence-electron chi connectivity index (χ2n) is 8.79. The zero-order chi connectivity index (χ0) is 22.3. The maximum absolute atomic E-state index is 12.8. The van der Waals surface area contributed by atoms with Gasteiger partial charge in [-0.2, -0.15) is 5.10 Å². The van der Waals surface area contributed by atoms with Crippen molar-refractivity contribution in [3.05, 3.63) is 60.3 Å². The first kappa shape index (κ1) is 20.2. The topological polar surface area (TPSA) is 98.9 Å². The second kappa shape index (κ2) is 7.76. The first-order valence-electron chi connectivity index (χ1n) is 10.6. The van der Waals surface area contributed by atoms with Gasteiger partial charge in [0.25, 0.3) is 0 Å². The SMILES string of the molecule is CC(C)(C)n1ccc(NC(=O)n2ccc3cc(Oc4ncnc5c4CCNC5)ccc32)n1. The molecule has 4 heterocycles. The average molecular weight is 432 g/mol. The Bertz CT molecular complexity index is 1300. The molecule has 0 aliphatic carbocycles. The van der Waals surface area contributed by atoms with Gasteiger partial charge in [-0.3, -0.25) is 14.6 Å². The Morgan fingerprint density at radius 1 is 1.16 bits per heavy atom. The lowest BCUT2D eigenvalue weighted by Gasteiger charge is -2.18. The molecule has 9 nitrogen and oxygen atoms in total. The van der Waals surface area contributed by atoms with E-state index in [1.165, 1.54) is 6.33 Å². The van der Waals surface area contributed by atoms with Crippen LogP contribution in [0.4, 0.5) is 10.6 Å². The summed E-state index contributed by atoms with van der Waals surface area (Å²) in [5.74, 6) is 1.76. The lowest BCUT2D eigenvalue weighted by molar-refractivity contribution is 0.254. The average Bonchev–Trinajstić information content (AvgIpc) is 3.41. The normalized spacial score (nSPS) is 13.7. The molecule has 164 valence electrons. The second-order valence-corrected chi connectivity index (χ2v) is 8.79. The molecule has 1 aromatic carbocycles. The summed E-state index contributed by atoms with van der Waals surface area (Å²) in [6.45, 7) is 7.76. The zero-order valence-electron chi connectivity index (χ0n) is 18.3. The lowest BCUT2D eigenvalue weighted by atomic mass is 10.1. The molecule has 1 aliphatic rings. The monoisotopic (exact) mass is 431 g/mol. The lowest BCUT2D eigenvalue weighted by Crippen LogP contribution is -2.25. The number of benzene rings is 1. The minimum atomic E-state index is -0.273. The van der Waals surface area contributed by atoms with Crippen LogP contribution < -0.4 is 15.4 Å². The highest BCUT2D eigenvalue weighted by molar-refractivity contribution is 5.98. The minimum absolute atomic E-state index is 0.154. The fourth-order valence-electron chi connectivity index (χ4n) is 3.75. The number of anilines is 1. The maximum Gasteiger partial charge on any atom is 0.331 e. The van der Waals surface area contributed by atoms with Crippen molar-refractivity contribution in [2.24, 2.45) is 0 Å². The van der Waals surface area contributed by atoms with Crippen LogP contribution in [0.2, 0.25) is 0 Å². The molecule has 32 heavy (non-hydrogen) atoms. The van der Waals surface area contributed by atoms with Crippen molar-refractivity contribution in [2.45, 2.75) is 39.3 Å². The molecule has 0 unspecified atom stereocenters. The number of ether oxygens (including phenoxy) is 1. The van der Waals surface area contributed by atoms with E-state index in [9.17, 15) is 4.79 Å². The van der Waals surface area contributed by atoms with Gasteiger partial charge in [0, 0.05) is 36.0 Å². The van der Waals surface area contributed by atoms with Crippen molar-refractivity contribution in [1.82, 2.24) is 29.6 Å². The van der Waals surface area contributed by atoms with E-state index in [0.717, 1.165) is 41.7 Å². The van der Waals surface area contributed by atoms with Crippen molar-refractivity contribution in [3.8, 4) is 11.6 Å². The molecule has 0 spiro atoms. The van der Waals surface area contributed by atoms with Gasteiger partial charge in [0.2, 0.25) is 5.88 Å². The molecular weight excluding hydrogens is 406 g/mol. The van der Waals surface area contributed by atoms with Crippen LogP contribution in [0.15, 0.2) is 49.1 Å². The van der Waals surface area contributed by atoms with E-state index in [2.05, 4.69) is 46.5 Å². The predicted molar refractivity (Wildman–Crippen MR) is 121 cm³/mol. The van der Waals surface area contributed by atoms with E-state index in [1.807, 2.05) is 35.1 Å². The Morgan fingerprint density at radius 3 is 2.84 bits per heavy atom. The van der Waals surface area contributed by atoms with Gasteiger partial charge in [-0.15, -0.1) is 0 Å². The number of nitrogens with zero attached hydrogens (tertiary/aromatic N) is 5. The number of rotatable bonds is 3. The van der Waals surface area contributed by atoms with Crippen LogP contribution in [0, 0.1) is 0 Å². The minimum Gasteiger partial charge on any atom is -0.439 e. The highest BCUT2D eigenvalue weighted by Gasteiger charge is 2.18. The highest BCUT2D eigenvalue weighted by atomic mass is 16.5. The zero-order valence-corrected chi connectivity index (χ0v) is 18.3. The largest absolute Gasteiger partial charge is 0.439 e. The molecule has 0 saturated carbocycles. The number of nitrogens with one attached hydrogen (secondary N) is 2. The predicted octanol–water partition coefficient (Wildman–Crippen LogP) is 3.90. The smallest absolute Gasteiger partial charge is 0.331 e. The molecule has 5 rings (SSSR count). The molecule has 1 amide bonds. The summed E-state index contributed by atoms with van der Waals surface area (Å²) in [5, 5.41) is 11.5. The summed E-state index contributed by atoms with van der Waals surface area (Å²) in [6, 6.07) is 9.02. The van der Waals surface area contributed by atoms with E-state index in [4.69, 9.17) is 4.74 Å². The maximum atomic E-state index is 12.8. The third-order valence-electron chi connectivity index (χ3n) is 5.45. The van der Waals surface area contributed by atoms with Crippen LogP contribution in [-0.2, 0) is 18.5 Å². The van der Waals surface area contributed by atoms with Crippen LogP contribution in [-0.4, -0.2) is 36.9 Å². The Morgan fingerprint density at radius 2 is 2.03 bits per heavy atom. The van der Waals surface area contributed by atoms with Crippen molar-refractivity contribution >= 4 is 22.8 Å². The summed E-state index contributed by atoms with van der Waals surface area (Å²) in [5.41, 5.74) is 2.63. The Balaban J connectivity index is 1.36. The van der Waals surface area contributed by atoms with E-state index in [-0.39, 0.29) is 11.6 Å². The Hall–Kier alpha value is -3.72. The molecule has 0 saturated heterocycles. The van der Waals surface area contributed by atoms with E-state index in [0.29, 0.717) is 17.4 Å². The first-order chi connectivity index (χ1) is 15.4. The molecule has 0 bridgehead atoms. The fraction of sp³-hybridized carbons (Fsp3) is 0.304. The van der Waals surface area contributed by atoms with Crippen LogP contribution in [0.1, 0.15) is 32.0 Å². The van der Waals surface area contributed by atoms with E-state index < -0.39 is 0 Å². The molecule has 0 radical (unpaired) electrons. The van der Waals surface area contributed by atoms with Crippen molar-refractivity contribution < 1.29 is 9.53 Å². The Labute approximate surface area is 185 Å². The van der Waals surface area contributed by atoms with Crippen LogP contribution in [0.25, 0.3) is 10.9 Å². The summed E-state index contributed by atoms with van der Waals surface area (Å²) in [4.78, 5) is 21.5. The number of carbonyl (C=O) groups excluding carboxylic acids is 1. The number of aromatic nitrogens is 5. The standard InChI is InChI=1S/C23H25N7O2/c1-23(2,3)30-11-8-20(28-30)27-22(31)29-10-7-15-12-16(4-5-19(15)29)32-21-17-6-9-24-13-18(17)25-14-26-21/h4-5,7-8,10-12,14,24H,6,9,13H2,1-3H3,(H,27,28,31). The molecule has 2 N–H and O–H groups in total. The molecule has 9 heteroatoms. The van der Waals surface area contributed by atoms with Gasteiger partial charge in [0.1, 0.15) is 12.1 Å². The Kier molecular flexibility index (Phi) is 4.90. The number of hydrogen-bond donors (Lipinski definition) is 2. The fourth-order valence-corrected chi connectivity index (χ4v) is 3.75. The van der Waals surface area contributed by atoms with Crippen LogP contribution >= 0.6 is 0 Å². The van der Waals surface area contributed by atoms with Gasteiger partial charge < -0.3 is 10.1 Å². The summed E-state index contributed by atoms with van der Waals surface area (Å²) in [6.07, 6.45) is 5.95. The van der Waals surface area contributed by atoms with Gasteiger partial charge in [-0.05, 0) is 58.0 Å². The molecule has 0 atom stereocenters. The van der Waals surface area contributed by atoms with Crippen molar-refractivity contribution in [1.29, 1.82) is 0 Å². The summed E-state index contributed by atoms with van der Waals surface area (Å²) in [7, 11) is 0. The molecule has 3 aromatic heterocycles. The van der Waals surface area contributed by atoms with Gasteiger partial charge in [0.05, 0.1) is 16.7 Å². The summed E-state index contributed by atoms with van der Waals surface area (Å²) < 4.78 is 9.47. The number of hydrogen-bond acceptors (Lipinski definition) is 6. The van der Waals surface area contributed by atoms with Gasteiger partial charge in [0.15, 0.2) is 5.82 Å². The third-order valence-corrected chi connectivity index (χ3v) is 5.45. The molecule has 1 aliphatic heterocycles. The van der Waals surface area contributed by atoms with Crippen LogP contribution in [0.3, 0.4) is 0 Å².